The molecular formula is C8H3F5N2O. The molecule has 0 atom stereocenters. The van der Waals surface area contributed by atoms with Crippen molar-refractivity contribution in [1.82, 2.24) is 4.98 Å². The van der Waals surface area contributed by atoms with Crippen LogP contribution in [0.4, 0.5) is 22.0 Å². The van der Waals surface area contributed by atoms with Crippen LogP contribution in [0.25, 0.3) is 0 Å². The zero-order valence-corrected chi connectivity index (χ0v) is 7.40. The number of hydrogen-bond acceptors (Lipinski definition) is 2. The summed E-state index contributed by atoms with van der Waals surface area (Å²) in [5, 5.41) is 8.32. The Kier molecular flexibility index (Phi) is 2.98. The molecule has 0 amide bonds. The first-order valence-corrected chi connectivity index (χ1v) is 3.80. The molecule has 0 saturated carbocycles. The van der Waals surface area contributed by atoms with Gasteiger partial charge in [0.15, 0.2) is 0 Å². The Morgan fingerprint density at radius 2 is 1.94 bits per heavy atom. The minimum absolute atomic E-state index is 0.455. The van der Waals surface area contributed by atoms with Crippen LogP contribution < -0.4 is 5.43 Å². The van der Waals surface area contributed by atoms with Gasteiger partial charge in [-0.2, -0.15) is 18.4 Å². The van der Waals surface area contributed by atoms with Crippen LogP contribution in [0.3, 0.4) is 0 Å². The lowest BCUT2D eigenvalue weighted by Crippen LogP contribution is -2.22. The number of aromatic amines is 1. The molecule has 0 saturated heterocycles. The molecule has 1 heterocycles. The van der Waals surface area contributed by atoms with E-state index in [0.717, 1.165) is 0 Å². The number of halogens is 5. The average Bonchev–Trinajstić information content (AvgIpc) is 2.15. The first-order valence-electron chi connectivity index (χ1n) is 3.80. The second-order valence-electron chi connectivity index (χ2n) is 2.73. The summed E-state index contributed by atoms with van der Waals surface area (Å²) in [6.07, 6.45) is -8.25. The SMILES string of the molecule is N#Cc1c[nH]c(C(F)(F)F)c(C(F)F)c1=O. The average molecular weight is 238 g/mol. The molecule has 1 aromatic rings. The van der Waals surface area contributed by atoms with Crippen molar-refractivity contribution < 1.29 is 22.0 Å². The maximum atomic E-state index is 12.3. The van der Waals surface area contributed by atoms with Crippen LogP contribution in [0, 0.1) is 11.3 Å². The second kappa shape index (κ2) is 3.92. The summed E-state index contributed by atoms with van der Waals surface area (Å²) in [6.45, 7) is 0. The second-order valence-corrected chi connectivity index (χ2v) is 2.73. The standard InChI is InChI=1S/C8H3F5N2O/c9-7(10)4-5(16)3(1-14)2-15-6(4)8(11,12)13/h2,7H,(H,15,16). The van der Waals surface area contributed by atoms with Crippen molar-refractivity contribution in [2.75, 3.05) is 0 Å². The largest absolute Gasteiger partial charge is 0.431 e. The predicted molar refractivity (Wildman–Crippen MR) is 41.7 cm³/mol. The lowest BCUT2D eigenvalue weighted by atomic mass is 10.1. The molecule has 0 spiro atoms. The number of nitrogens with zero attached hydrogens (tertiary/aromatic N) is 1. The fourth-order valence-electron chi connectivity index (χ4n) is 1.07. The number of aromatic nitrogens is 1. The Bertz CT molecular complexity index is 497. The van der Waals surface area contributed by atoms with E-state index in [1.54, 1.807) is 0 Å². The third kappa shape index (κ3) is 2.03. The van der Waals surface area contributed by atoms with Crippen LogP contribution in [0.1, 0.15) is 23.2 Å². The molecule has 0 unspecified atom stereocenters. The molecule has 8 heteroatoms. The molecule has 3 nitrogen and oxygen atoms in total. The third-order valence-electron chi connectivity index (χ3n) is 1.74. The first kappa shape index (κ1) is 12.2. The number of pyridine rings is 1. The van der Waals surface area contributed by atoms with E-state index in [4.69, 9.17) is 5.26 Å². The summed E-state index contributed by atoms with van der Waals surface area (Å²) in [5.74, 6) is 0. The quantitative estimate of drug-likeness (QED) is 0.762. The van der Waals surface area contributed by atoms with Crippen LogP contribution in [0.2, 0.25) is 0 Å². The highest BCUT2D eigenvalue weighted by atomic mass is 19.4. The summed E-state index contributed by atoms with van der Waals surface area (Å²) in [5.41, 5.74) is -5.95. The maximum Gasteiger partial charge on any atom is 0.431 e. The van der Waals surface area contributed by atoms with Crippen molar-refractivity contribution in [2.24, 2.45) is 0 Å². The highest BCUT2D eigenvalue weighted by molar-refractivity contribution is 5.35. The van der Waals surface area contributed by atoms with E-state index in [1.165, 1.54) is 11.1 Å². The number of alkyl halides is 5. The fourth-order valence-corrected chi connectivity index (χ4v) is 1.07. The number of rotatable bonds is 1. The van der Waals surface area contributed by atoms with Crippen LogP contribution in [0.15, 0.2) is 11.0 Å². The monoisotopic (exact) mass is 238 g/mol. The molecule has 1 N–H and O–H groups in total. The van der Waals surface area contributed by atoms with Gasteiger partial charge in [-0.3, -0.25) is 4.79 Å². The summed E-state index contributed by atoms with van der Waals surface area (Å²) in [7, 11) is 0. The molecule has 0 aliphatic rings. The Hall–Kier alpha value is -1.91. The van der Waals surface area contributed by atoms with Gasteiger partial charge in [-0.15, -0.1) is 0 Å². The minimum Gasteiger partial charge on any atom is -0.356 e. The first-order chi connectivity index (χ1) is 7.29. The number of nitriles is 1. The van der Waals surface area contributed by atoms with E-state index >= 15 is 0 Å². The van der Waals surface area contributed by atoms with E-state index in [1.807, 2.05) is 0 Å². The van der Waals surface area contributed by atoms with Crippen molar-refractivity contribution in [1.29, 1.82) is 5.26 Å². The van der Waals surface area contributed by atoms with Gasteiger partial charge in [0.05, 0.1) is 5.56 Å². The van der Waals surface area contributed by atoms with Gasteiger partial charge in [-0.05, 0) is 0 Å². The third-order valence-corrected chi connectivity index (χ3v) is 1.74. The molecule has 86 valence electrons. The summed E-state index contributed by atoms with van der Waals surface area (Å²) < 4.78 is 61.3. The highest BCUT2D eigenvalue weighted by Crippen LogP contribution is 2.32. The van der Waals surface area contributed by atoms with Crippen LogP contribution in [-0.2, 0) is 6.18 Å². The van der Waals surface area contributed by atoms with Crippen molar-refractivity contribution in [2.45, 2.75) is 12.6 Å². The lowest BCUT2D eigenvalue weighted by Gasteiger charge is -2.11. The number of H-pyrrole nitrogens is 1. The predicted octanol–water partition coefficient (Wildman–Crippen LogP) is 2.20. The van der Waals surface area contributed by atoms with Crippen LogP contribution in [-0.4, -0.2) is 4.98 Å². The molecule has 1 rings (SSSR count). The maximum absolute atomic E-state index is 12.3. The van der Waals surface area contributed by atoms with Crippen molar-refractivity contribution in [3.8, 4) is 6.07 Å². The van der Waals surface area contributed by atoms with Gasteiger partial charge in [0, 0.05) is 6.20 Å². The van der Waals surface area contributed by atoms with Crippen LogP contribution in [0.5, 0.6) is 0 Å². The molecule has 0 bridgehead atoms. The molecule has 16 heavy (non-hydrogen) atoms. The van der Waals surface area contributed by atoms with E-state index in [0.29, 0.717) is 6.20 Å². The molecular weight excluding hydrogens is 235 g/mol. The smallest absolute Gasteiger partial charge is 0.356 e. The van der Waals surface area contributed by atoms with Gasteiger partial charge < -0.3 is 4.98 Å². The van der Waals surface area contributed by atoms with E-state index < -0.39 is 34.9 Å². The van der Waals surface area contributed by atoms with E-state index in [9.17, 15) is 26.7 Å². The molecule has 1 aromatic heterocycles. The topological polar surface area (TPSA) is 56.6 Å². The van der Waals surface area contributed by atoms with E-state index in [2.05, 4.69) is 0 Å². The van der Waals surface area contributed by atoms with Gasteiger partial charge in [0.1, 0.15) is 17.3 Å². The Labute approximate surface area is 85.1 Å². The number of nitrogens with one attached hydrogen (secondary N) is 1. The molecule has 0 aliphatic heterocycles. The summed E-state index contributed by atoms with van der Waals surface area (Å²) >= 11 is 0. The van der Waals surface area contributed by atoms with Crippen molar-refractivity contribution in [3.05, 3.63) is 33.2 Å². The van der Waals surface area contributed by atoms with Crippen molar-refractivity contribution in [3.63, 3.8) is 0 Å². The van der Waals surface area contributed by atoms with Gasteiger partial charge >= 0.3 is 6.18 Å². The minimum atomic E-state index is -5.10. The number of hydrogen-bond donors (Lipinski definition) is 1. The van der Waals surface area contributed by atoms with Gasteiger partial charge in [-0.1, -0.05) is 0 Å². The lowest BCUT2D eigenvalue weighted by molar-refractivity contribution is -0.143. The normalized spacial score (nSPS) is 11.6. The molecule has 0 fully saturated rings. The van der Waals surface area contributed by atoms with Gasteiger partial charge in [0.25, 0.3) is 6.43 Å². The Balaban J connectivity index is 3.62. The molecule has 0 aromatic carbocycles. The van der Waals surface area contributed by atoms with Gasteiger partial charge in [0.2, 0.25) is 5.43 Å². The molecule has 0 radical (unpaired) electrons. The zero-order chi connectivity index (χ0) is 12.5. The highest BCUT2D eigenvalue weighted by Gasteiger charge is 2.38. The van der Waals surface area contributed by atoms with Crippen molar-refractivity contribution >= 4 is 0 Å². The van der Waals surface area contributed by atoms with Gasteiger partial charge in [-0.25, -0.2) is 8.78 Å². The Morgan fingerprint density at radius 3 is 2.31 bits per heavy atom. The summed E-state index contributed by atoms with van der Waals surface area (Å²) in [6, 6.07) is 1.22. The van der Waals surface area contributed by atoms with Crippen LogP contribution >= 0.6 is 0 Å². The van der Waals surface area contributed by atoms with E-state index in [-0.39, 0.29) is 0 Å². The zero-order valence-electron chi connectivity index (χ0n) is 7.40. The fraction of sp³-hybridized carbons (Fsp3) is 0.250. The Morgan fingerprint density at radius 1 is 1.38 bits per heavy atom. The summed E-state index contributed by atoms with van der Waals surface area (Å²) in [4.78, 5) is 12.6. The molecule has 0 aliphatic carbocycles.